The molecule has 0 spiro atoms. The molecule has 0 aliphatic rings. The first-order valence-electron chi connectivity index (χ1n) is 5.92. The molecule has 0 bridgehead atoms. The number of carbonyl (C=O) groups is 1. The number of nitrogen functional groups attached to an aromatic ring is 1. The summed E-state index contributed by atoms with van der Waals surface area (Å²) in [5.74, 6) is 0.336. The van der Waals surface area contributed by atoms with Crippen molar-refractivity contribution < 1.29 is 9.53 Å². The van der Waals surface area contributed by atoms with Crippen LogP contribution in [0.2, 0.25) is 0 Å². The van der Waals surface area contributed by atoms with Gasteiger partial charge in [0.15, 0.2) is 5.69 Å². The normalized spacial score (nSPS) is 10.2. The number of nitrogens with two attached hydrogens (primary N) is 1. The number of carbonyl (C=O) groups excluding carboxylic acids is 1. The van der Waals surface area contributed by atoms with Gasteiger partial charge in [0.05, 0.1) is 12.8 Å². The Hall–Kier alpha value is -2.50. The number of nitrogens with one attached hydrogen (secondary N) is 1. The standard InChI is InChI=1S/C13H16N4O2/c1-3-17-8-11(14)12(16-17)13(18)15-9-5-4-6-10(7-9)19-2/h4-8H,3,14H2,1-2H3,(H,15,18). The molecule has 19 heavy (non-hydrogen) atoms. The molecule has 0 saturated heterocycles. The Bertz CT molecular complexity index is 592. The smallest absolute Gasteiger partial charge is 0.278 e. The van der Waals surface area contributed by atoms with Crippen LogP contribution in [0.25, 0.3) is 0 Å². The molecule has 100 valence electrons. The van der Waals surface area contributed by atoms with Crippen LogP contribution in [0.15, 0.2) is 30.5 Å². The maximum atomic E-state index is 12.1. The molecule has 0 atom stereocenters. The van der Waals surface area contributed by atoms with E-state index in [2.05, 4.69) is 10.4 Å². The first kappa shape index (κ1) is 12.9. The van der Waals surface area contributed by atoms with Crippen LogP contribution in [-0.4, -0.2) is 22.8 Å². The number of hydrogen-bond acceptors (Lipinski definition) is 4. The Kier molecular flexibility index (Phi) is 3.70. The largest absolute Gasteiger partial charge is 0.497 e. The number of ether oxygens (including phenoxy) is 1. The zero-order valence-electron chi connectivity index (χ0n) is 10.9. The number of aryl methyl sites for hydroxylation is 1. The second kappa shape index (κ2) is 5.43. The fourth-order valence-electron chi connectivity index (χ4n) is 1.67. The molecule has 1 aromatic carbocycles. The van der Waals surface area contributed by atoms with Crippen molar-refractivity contribution in [2.45, 2.75) is 13.5 Å². The molecule has 0 aliphatic heterocycles. The maximum Gasteiger partial charge on any atom is 0.278 e. The third kappa shape index (κ3) is 2.85. The van der Waals surface area contributed by atoms with Gasteiger partial charge in [0.2, 0.25) is 0 Å². The molecular weight excluding hydrogens is 244 g/mol. The minimum atomic E-state index is -0.335. The zero-order chi connectivity index (χ0) is 13.8. The summed E-state index contributed by atoms with van der Waals surface area (Å²) >= 11 is 0. The van der Waals surface area contributed by atoms with E-state index >= 15 is 0 Å². The molecule has 6 nitrogen and oxygen atoms in total. The number of amides is 1. The van der Waals surface area contributed by atoms with Crippen LogP contribution >= 0.6 is 0 Å². The van der Waals surface area contributed by atoms with Crippen LogP contribution < -0.4 is 15.8 Å². The molecule has 2 rings (SSSR count). The van der Waals surface area contributed by atoms with E-state index < -0.39 is 0 Å². The van der Waals surface area contributed by atoms with Crippen molar-refractivity contribution in [2.24, 2.45) is 0 Å². The summed E-state index contributed by atoms with van der Waals surface area (Å²) in [7, 11) is 1.57. The summed E-state index contributed by atoms with van der Waals surface area (Å²) < 4.78 is 6.71. The van der Waals surface area contributed by atoms with E-state index in [1.165, 1.54) is 0 Å². The van der Waals surface area contributed by atoms with E-state index in [1.807, 2.05) is 6.92 Å². The quantitative estimate of drug-likeness (QED) is 0.877. The molecule has 3 N–H and O–H groups in total. The fourth-order valence-corrected chi connectivity index (χ4v) is 1.67. The molecule has 0 radical (unpaired) electrons. The highest BCUT2D eigenvalue weighted by molar-refractivity contribution is 6.06. The molecule has 6 heteroatoms. The predicted molar refractivity (Wildman–Crippen MR) is 73.3 cm³/mol. The number of anilines is 2. The molecule has 0 saturated carbocycles. The Morgan fingerprint density at radius 1 is 1.53 bits per heavy atom. The Labute approximate surface area is 111 Å². The number of rotatable bonds is 4. The summed E-state index contributed by atoms with van der Waals surface area (Å²) in [5.41, 5.74) is 6.98. The zero-order valence-corrected chi connectivity index (χ0v) is 10.9. The fraction of sp³-hybridized carbons (Fsp3) is 0.231. The van der Waals surface area contributed by atoms with E-state index in [9.17, 15) is 4.79 Å². The van der Waals surface area contributed by atoms with Gasteiger partial charge in [0.1, 0.15) is 5.75 Å². The number of hydrogen-bond donors (Lipinski definition) is 2. The van der Waals surface area contributed by atoms with Gasteiger partial charge in [0, 0.05) is 24.5 Å². The highest BCUT2D eigenvalue weighted by Gasteiger charge is 2.14. The van der Waals surface area contributed by atoms with Gasteiger partial charge in [-0.25, -0.2) is 0 Å². The van der Waals surface area contributed by atoms with E-state index in [4.69, 9.17) is 10.5 Å². The number of nitrogens with zero attached hydrogens (tertiary/aromatic N) is 2. The maximum absolute atomic E-state index is 12.1. The van der Waals surface area contributed by atoms with Crippen LogP contribution in [0.3, 0.4) is 0 Å². The Morgan fingerprint density at radius 2 is 2.32 bits per heavy atom. The van der Waals surface area contributed by atoms with Gasteiger partial charge in [-0.2, -0.15) is 5.10 Å². The molecule has 1 aromatic heterocycles. The van der Waals surface area contributed by atoms with Crippen molar-refractivity contribution in [2.75, 3.05) is 18.2 Å². The molecule has 2 aromatic rings. The van der Waals surface area contributed by atoms with Crippen molar-refractivity contribution in [3.8, 4) is 5.75 Å². The van der Waals surface area contributed by atoms with E-state index in [1.54, 1.807) is 42.3 Å². The average molecular weight is 260 g/mol. The average Bonchev–Trinajstić information content (AvgIpc) is 2.80. The summed E-state index contributed by atoms with van der Waals surface area (Å²) in [6.07, 6.45) is 1.64. The molecule has 0 aliphatic carbocycles. The van der Waals surface area contributed by atoms with Crippen LogP contribution in [0.1, 0.15) is 17.4 Å². The van der Waals surface area contributed by atoms with Crippen LogP contribution in [0, 0.1) is 0 Å². The van der Waals surface area contributed by atoms with Gasteiger partial charge in [0.25, 0.3) is 5.91 Å². The molecule has 1 amide bonds. The highest BCUT2D eigenvalue weighted by Crippen LogP contribution is 2.18. The van der Waals surface area contributed by atoms with Crippen LogP contribution in [-0.2, 0) is 6.54 Å². The molecule has 0 unspecified atom stereocenters. The topological polar surface area (TPSA) is 82.2 Å². The van der Waals surface area contributed by atoms with E-state index in [0.29, 0.717) is 23.7 Å². The van der Waals surface area contributed by atoms with E-state index in [0.717, 1.165) is 0 Å². The summed E-state index contributed by atoms with van der Waals surface area (Å²) in [5, 5.41) is 6.85. The summed E-state index contributed by atoms with van der Waals surface area (Å²) in [4.78, 5) is 12.1. The van der Waals surface area contributed by atoms with Gasteiger partial charge in [-0.15, -0.1) is 0 Å². The van der Waals surface area contributed by atoms with Crippen molar-refractivity contribution in [3.63, 3.8) is 0 Å². The molecule has 1 heterocycles. The van der Waals surface area contributed by atoms with Gasteiger partial charge in [-0.05, 0) is 19.1 Å². The third-order valence-corrected chi connectivity index (χ3v) is 2.66. The van der Waals surface area contributed by atoms with Crippen LogP contribution in [0.5, 0.6) is 5.75 Å². The lowest BCUT2D eigenvalue weighted by atomic mass is 10.3. The van der Waals surface area contributed by atoms with Crippen molar-refractivity contribution in [3.05, 3.63) is 36.2 Å². The minimum absolute atomic E-state index is 0.227. The number of benzene rings is 1. The number of methoxy groups -OCH3 is 1. The number of aromatic nitrogens is 2. The second-order valence-corrected chi connectivity index (χ2v) is 3.97. The van der Waals surface area contributed by atoms with Gasteiger partial charge >= 0.3 is 0 Å². The van der Waals surface area contributed by atoms with Crippen LogP contribution in [0.4, 0.5) is 11.4 Å². The van der Waals surface area contributed by atoms with Crippen molar-refractivity contribution in [1.82, 2.24) is 9.78 Å². The summed E-state index contributed by atoms with van der Waals surface area (Å²) in [6.45, 7) is 2.59. The lowest BCUT2D eigenvalue weighted by Gasteiger charge is -2.05. The van der Waals surface area contributed by atoms with Gasteiger partial charge in [-0.3, -0.25) is 9.48 Å². The van der Waals surface area contributed by atoms with E-state index in [-0.39, 0.29) is 11.6 Å². The third-order valence-electron chi connectivity index (χ3n) is 2.66. The van der Waals surface area contributed by atoms with Crippen molar-refractivity contribution >= 4 is 17.3 Å². The predicted octanol–water partition coefficient (Wildman–Crippen LogP) is 1.75. The summed E-state index contributed by atoms with van der Waals surface area (Å²) in [6, 6.07) is 7.09. The lowest BCUT2D eigenvalue weighted by Crippen LogP contribution is -2.14. The van der Waals surface area contributed by atoms with Gasteiger partial charge < -0.3 is 15.8 Å². The highest BCUT2D eigenvalue weighted by atomic mass is 16.5. The SMILES string of the molecule is CCn1cc(N)c(C(=O)Nc2cccc(OC)c2)n1. The first-order valence-corrected chi connectivity index (χ1v) is 5.92. The minimum Gasteiger partial charge on any atom is -0.497 e. The molecular formula is C13H16N4O2. The first-order chi connectivity index (χ1) is 9.13. The second-order valence-electron chi connectivity index (χ2n) is 3.97. The monoisotopic (exact) mass is 260 g/mol. The van der Waals surface area contributed by atoms with Crippen molar-refractivity contribution in [1.29, 1.82) is 0 Å². The Balaban J connectivity index is 2.17. The lowest BCUT2D eigenvalue weighted by molar-refractivity contribution is 0.102. The van der Waals surface area contributed by atoms with Gasteiger partial charge in [-0.1, -0.05) is 6.07 Å². The Morgan fingerprint density at radius 3 is 2.95 bits per heavy atom. The molecule has 0 fully saturated rings.